The van der Waals surface area contributed by atoms with E-state index in [4.69, 9.17) is 16.1 Å². The molecule has 1 amide bonds. The van der Waals surface area contributed by atoms with Crippen LogP contribution in [0.2, 0.25) is 5.02 Å². The third-order valence-corrected chi connectivity index (χ3v) is 4.94. The van der Waals surface area contributed by atoms with Gasteiger partial charge < -0.3 is 4.52 Å². The van der Waals surface area contributed by atoms with E-state index in [9.17, 15) is 4.79 Å². The van der Waals surface area contributed by atoms with Gasteiger partial charge in [-0.1, -0.05) is 16.8 Å². The van der Waals surface area contributed by atoms with Crippen LogP contribution >= 0.6 is 23.4 Å². The molecule has 1 heterocycles. The van der Waals surface area contributed by atoms with Crippen molar-refractivity contribution in [1.82, 2.24) is 5.16 Å². The fourth-order valence-electron chi connectivity index (χ4n) is 2.47. The van der Waals surface area contributed by atoms with Gasteiger partial charge in [-0.25, -0.2) is 0 Å². The Morgan fingerprint density at radius 2 is 2.14 bits per heavy atom. The Balaban J connectivity index is 1.40. The Hall–Kier alpha value is -1.46. The lowest BCUT2D eigenvalue weighted by Crippen LogP contribution is -2.12. The van der Waals surface area contributed by atoms with Crippen LogP contribution in [0.25, 0.3) is 0 Å². The van der Waals surface area contributed by atoms with Crippen molar-refractivity contribution in [2.24, 2.45) is 0 Å². The lowest BCUT2D eigenvalue weighted by Gasteiger charge is -2.03. The molecule has 3 rings (SSSR count). The normalized spacial score (nSPS) is 13.1. The predicted octanol–water partition coefficient (Wildman–Crippen LogP) is 4.33. The van der Waals surface area contributed by atoms with Gasteiger partial charge in [0.1, 0.15) is 0 Å². The molecule has 0 saturated heterocycles. The number of hydrogen-bond donors (Lipinski definition) is 1. The van der Waals surface area contributed by atoms with Gasteiger partial charge in [0.05, 0.1) is 5.69 Å². The van der Waals surface area contributed by atoms with Crippen molar-refractivity contribution in [2.45, 2.75) is 37.0 Å². The van der Waals surface area contributed by atoms with E-state index in [1.807, 2.05) is 24.3 Å². The second-order valence-corrected chi connectivity index (χ2v) is 6.85. The maximum Gasteiger partial charge on any atom is 0.234 e. The molecule has 0 unspecified atom stereocenters. The third-order valence-electron chi connectivity index (χ3n) is 3.59. The van der Waals surface area contributed by atoms with Gasteiger partial charge in [0.15, 0.2) is 0 Å². The topological polar surface area (TPSA) is 55.1 Å². The molecular formula is C16H17ClN2O2S. The standard InChI is InChI=1S/C16H17ClN2O2S/c17-11-6-8-12(9-7-11)22-10-2-5-15(20)18-16-13-3-1-4-14(13)19-21-16/h6-9H,1-5,10H2,(H,18,20). The van der Waals surface area contributed by atoms with Crippen LogP contribution in [0.1, 0.15) is 30.5 Å². The maximum atomic E-state index is 11.9. The van der Waals surface area contributed by atoms with Crippen molar-refractivity contribution in [3.63, 3.8) is 0 Å². The fraction of sp³-hybridized carbons (Fsp3) is 0.375. The van der Waals surface area contributed by atoms with E-state index < -0.39 is 0 Å². The fourth-order valence-corrected chi connectivity index (χ4v) is 3.45. The summed E-state index contributed by atoms with van der Waals surface area (Å²) in [5, 5.41) is 7.56. The Bertz CT molecular complexity index is 655. The lowest BCUT2D eigenvalue weighted by atomic mass is 10.2. The van der Waals surface area contributed by atoms with Gasteiger partial charge in [-0.15, -0.1) is 11.8 Å². The van der Waals surface area contributed by atoms with E-state index in [2.05, 4.69) is 10.5 Å². The van der Waals surface area contributed by atoms with Gasteiger partial charge in [0.2, 0.25) is 11.8 Å². The average molecular weight is 337 g/mol. The van der Waals surface area contributed by atoms with Gasteiger partial charge in [-0.3, -0.25) is 10.1 Å². The van der Waals surface area contributed by atoms with Gasteiger partial charge in [-0.05, 0) is 55.7 Å². The summed E-state index contributed by atoms with van der Waals surface area (Å²) in [5.41, 5.74) is 2.07. The summed E-state index contributed by atoms with van der Waals surface area (Å²) in [4.78, 5) is 13.1. The van der Waals surface area contributed by atoms with E-state index in [0.717, 1.165) is 52.6 Å². The largest absolute Gasteiger partial charge is 0.338 e. The number of benzene rings is 1. The number of carbonyl (C=O) groups is 1. The van der Waals surface area contributed by atoms with Crippen LogP contribution in [0, 0.1) is 0 Å². The zero-order chi connectivity index (χ0) is 15.4. The number of aromatic nitrogens is 1. The van der Waals surface area contributed by atoms with E-state index in [-0.39, 0.29) is 5.91 Å². The van der Waals surface area contributed by atoms with E-state index in [0.29, 0.717) is 12.3 Å². The van der Waals surface area contributed by atoms with E-state index in [1.165, 1.54) is 0 Å². The molecule has 0 spiro atoms. The number of aryl methyl sites for hydroxylation is 1. The lowest BCUT2D eigenvalue weighted by molar-refractivity contribution is -0.116. The molecule has 0 radical (unpaired) electrons. The van der Waals surface area contributed by atoms with Gasteiger partial charge in [0, 0.05) is 21.9 Å². The molecule has 1 aromatic heterocycles. The summed E-state index contributed by atoms with van der Waals surface area (Å²) in [6.45, 7) is 0. The summed E-state index contributed by atoms with van der Waals surface area (Å²) < 4.78 is 5.20. The molecule has 0 bridgehead atoms. The van der Waals surface area contributed by atoms with Crippen molar-refractivity contribution < 1.29 is 9.32 Å². The highest BCUT2D eigenvalue weighted by Crippen LogP contribution is 2.28. The van der Waals surface area contributed by atoms with Crippen molar-refractivity contribution in [3.8, 4) is 0 Å². The summed E-state index contributed by atoms with van der Waals surface area (Å²) in [5.74, 6) is 1.43. The highest BCUT2D eigenvalue weighted by atomic mass is 35.5. The Morgan fingerprint density at radius 1 is 1.32 bits per heavy atom. The minimum atomic E-state index is -0.0115. The second-order valence-electron chi connectivity index (χ2n) is 5.24. The molecule has 1 aliphatic rings. The number of fused-ring (bicyclic) bond motifs is 1. The number of hydrogen-bond acceptors (Lipinski definition) is 4. The molecule has 22 heavy (non-hydrogen) atoms. The van der Waals surface area contributed by atoms with Crippen molar-refractivity contribution >= 4 is 35.2 Å². The molecular weight excluding hydrogens is 320 g/mol. The molecule has 0 fully saturated rings. The maximum absolute atomic E-state index is 11.9. The number of amides is 1. The highest BCUT2D eigenvalue weighted by molar-refractivity contribution is 7.99. The number of rotatable bonds is 6. The number of nitrogens with zero attached hydrogens (tertiary/aromatic N) is 1. The first-order valence-electron chi connectivity index (χ1n) is 7.38. The van der Waals surface area contributed by atoms with Gasteiger partial charge in [-0.2, -0.15) is 0 Å². The monoisotopic (exact) mass is 336 g/mol. The SMILES string of the molecule is O=C(CCCSc1ccc(Cl)cc1)Nc1onc2c1CCC2. The highest BCUT2D eigenvalue weighted by Gasteiger charge is 2.21. The minimum absolute atomic E-state index is 0.0115. The number of halogens is 1. The second kappa shape index (κ2) is 7.20. The first-order valence-corrected chi connectivity index (χ1v) is 8.74. The molecule has 0 atom stereocenters. The Labute approximate surface area is 138 Å². The van der Waals surface area contributed by atoms with Crippen LogP contribution < -0.4 is 5.32 Å². The molecule has 1 N–H and O–H groups in total. The smallest absolute Gasteiger partial charge is 0.234 e. The average Bonchev–Trinajstić information content (AvgIpc) is 3.11. The van der Waals surface area contributed by atoms with Gasteiger partial charge in [0.25, 0.3) is 0 Å². The van der Waals surface area contributed by atoms with Crippen molar-refractivity contribution in [2.75, 3.05) is 11.1 Å². The number of anilines is 1. The molecule has 1 aliphatic carbocycles. The quantitative estimate of drug-likeness (QED) is 0.630. The van der Waals surface area contributed by atoms with Crippen LogP contribution in [-0.2, 0) is 17.6 Å². The molecule has 4 nitrogen and oxygen atoms in total. The van der Waals surface area contributed by atoms with Crippen molar-refractivity contribution in [3.05, 3.63) is 40.5 Å². The van der Waals surface area contributed by atoms with Crippen LogP contribution in [-0.4, -0.2) is 16.8 Å². The van der Waals surface area contributed by atoms with Gasteiger partial charge >= 0.3 is 0 Å². The third kappa shape index (κ3) is 3.84. The van der Waals surface area contributed by atoms with Crippen LogP contribution in [0.4, 0.5) is 5.88 Å². The van der Waals surface area contributed by atoms with Crippen LogP contribution in [0.3, 0.4) is 0 Å². The van der Waals surface area contributed by atoms with E-state index >= 15 is 0 Å². The summed E-state index contributed by atoms with van der Waals surface area (Å²) in [6.07, 6.45) is 4.29. The number of carbonyl (C=O) groups excluding carboxylic acids is 1. The van der Waals surface area contributed by atoms with E-state index in [1.54, 1.807) is 11.8 Å². The molecule has 116 valence electrons. The zero-order valence-electron chi connectivity index (χ0n) is 12.1. The molecule has 1 aromatic carbocycles. The van der Waals surface area contributed by atoms with Crippen molar-refractivity contribution in [1.29, 1.82) is 0 Å². The molecule has 6 heteroatoms. The molecule has 0 saturated carbocycles. The molecule has 2 aromatic rings. The Kier molecular flexibility index (Phi) is 5.05. The molecule has 0 aliphatic heterocycles. The van der Waals surface area contributed by atoms with Crippen LogP contribution in [0.5, 0.6) is 0 Å². The van der Waals surface area contributed by atoms with Crippen LogP contribution in [0.15, 0.2) is 33.7 Å². The summed E-state index contributed by atoms with van der Waals surface area (Å²) in [7, 11) is 0. The summed E-state index contributed by atoms with van der Waals surface area (Å²) in [6, 6.07) is 7.73. The first-order chi connectivity index (χ1) is 10.7. The minimum Gasteiger partial charge on any atom is -0.338 e. The predicted molar refractivity (Wildman–Crippen MR) is 88.6 cm³/mol. The first kappa shape index (κ1) is 15.4. The zero-order valence-corrected chi connectivity index (χ0v) is 13.7. The number of nitrogens with one attached hydrogen (secondary N) is 1. The summed E-state index contributed by atoms with van der Waals surface area (Å²) >= 11 is 7.57. The number of thioether (sulfide) groups is 1. The Morgan fingerprint density at radius 3 is 2.95 bits per heavy atom.